The van der Waals surface area contributed by atoms with E-state index in [1.165, 1.54) is 0 Å². The Hall–Kier alpha value is -0.900. The first-order valence-electron chi connectivity index (χ1n) is 6.80. The highest BCUT2D eigenvalue weighted by Crippen LogP contribution is 2.09. The van der Waals surface area contributed by atoms with Crippen LogP contribution in [0.25, 0.3) is 0 Å². The van der Waals surface area contributed by atoms with Gasteiger partial charge in [0.15, 0.2) is 0 Å². The van der Waals surface area contributed by atoms with Crippen LogP contribution in [0.3, 0.4) is 0 Å². The first-order valence-corrected chi connectivity index (χ1v) is 6.80. The second kappa shape index (κ2) is 9.09. The Kier molecular flexibility index (Phi) is 7.65. The first-order chi connectivity index (χ1) is 8.80. The van der Waals surface area contributed by atoms with Gasteiger partial charge in [-0.25, -0.2) is 0 Å². The number of rotatable bonds is 9. The van der Waals surface area contributed by atoms with Gasteiger partial charge in [0.2, 0.25) is 0 Å². The fraction of sp³-hybridized carbons (Fsp3) is 0.600. The van der Waals surface area contributed by atoms with Crippen LogP contribution in [0.4, 0.5) is 0 Å². The summed E-state index contributed by atoms with van der Waals surface area (Å²) in [5.41, 5.74) is 0. The standard InChI is InChI=1S/C15H27N3/c1-4-7-10-16-13-17(11-8-5-2)15-18(14-16)12-9-6-3/h4-6H,1-3,7-15H2. The molecule has 1 fully saturated rings. The molecule has 1 aliphatic heterocycles. The van der Waals surface area contributed by atoms with Crippen molar-refractivity contribution in [2.24, 2.45) is 0 Å². The molecule has 0 N–H and O–H groups in total. The van der Waals surface area contributed by atoms with E-state index in [-0.39, 0.29) is 0 Å². The fourth-order valence-corrected chi connectivity index (χ4v) is 2.23. The highest BCUT2D eigenvalue weighted by molar-refractivity contribution is 4.77. The van der Waals surface area contributed by atoms with Crippen LogP contribution in [-0.4, -0.2) is 54.3 Å². The number of hydrogen-bond donors (Lipinski definition) is 0. The number of hydrogen-bond acceptors (Lipinski definition) is 3. The molecule has 0 amide bonds. The van der Waals surface area contributed by atoms with E-state index in [9.17, 15) is 0 Å². The van der Waals surface area contributed by atoms with Crippen LogP contribution in [-0.2, 0) is 0 Å². The molecule has 0 unspecified atom stereocenters. The van der Waals surface area contributed by atoms with Crippen LogP contribution in [0, 0.1) is 0 Å². The minimum Gasteiger partial charge on any atom is -0.277 e. The molecule has 102 valence electrons. The van der Waals surface area contributed by atoms with Crippen molar-refractivity contribution in [1.29, 1.82) is 0 Å². The maximum atomic E-state index is 3.80. The summed E-state index contributed by atoms with van der Waals surface area (Å²) >= 11 is 0. The van der Waals surface area contributed by atoms with Gasteiger partial charge in [0, 0.05) is 19.6 Å². The lowest BCUT2D eigenvalue weighted by molar-refractivity contribution is -0.0266. The Balaban J connectivity index is 2.44. The molecule has 0 saturated carbocycles. The van der Waals surface area contributed by atoms with Crippen molar-refractivity contribution in [3.63, 3.8) is 0 Å². The summed E-state index contributed by atoms with van der Waals surface area (Å²) in [6, 6.07) is 0. The minimum atomic E-state index is 1.06. The molecular weight excluding hydrogens is 222 g/mol. The lowest BCUT2D eigenvalue weighted by Gasteiger charge is -2.42. The Morgan fingerprint density at radius 1 is 0.611 bits per heavy atom. The molecule has 0 spiro atoms. The Bertz CT molecular complexity index is 214. The summed E-state index contributed by atoms with van der Waals surface area (Å²) in [6.45, 7) is 17.9. The molecule has 1 heterocycles. The van der Waals surface area contributed by atoms with Crippen molar-refractivity contribution in [3.05, 3.63) is 38.0 Å². The second-order valence-corrected chi connectivity index (χ2v) is 4.84. The zero-order valence-corrected chi connectivity index (χ0v) is 11.6. The summed E-state index contributed by atoms with van der Waals surface area (Å²) < 4.78 is 0. The molecule has 18 heavy (non-hydrogen) atoms. The van der Waals surface area contributed by atoms with Crippen LogP contribution in [0.15, 0.2) is 38.0 Å². The summed E-state index contributed by atoms with van der Waals surface area (Å²) in [5.74, 6) is 0. The Labute approximate surface area is 112 Å². The Morgan fingerprint density at radius 2 is 0.889 bits per heavy atom. The molecule has 3 nitrogen and oxygen atoms in total. The average Bonchev–Trinajstić information content (AvgIpc) is 2.40. The van der Waals surface area contributed by atoms with Crippen LogP contribution in [0.2, 0.25) is 0 Å². The molecule has 1 rings (SSSR count). The van der Waals surface area contributed by atoms with E-state index in [2.05, 4.69) is 34.4 Å². The van der Waals surface area contributed by atoms with Gasteiger partial charge in [-0.2, -0.15) is 0 Å². The van der Waals surface area contributed by atoms with Crippen LogP contribution in [0.5, 0.6) is 0 Å². The van der Waals surface area contributed by atoms with Gasteiger partial charge >= 0.3 is 0 Å². The maximum absolute atomic E-state index is 3.80. The van der Waals surface area contributed by atoms with Gasteiger partial charge in [0.25, 0.3) is 0 Å². The molecule has 0 bridgehead atoms. The Morgan fingerprint density at radius 3 is 1.11 bits per heavy atom. The smallest absolute Gasteiger partial charge is 0.0530 e. The van der Waals surface area contributed by atoms with Crippen LogP contribution >= 0.6 is 0 Å². The van der Waals surface area contributed by atoms with Crippen molar-refractivity contribution in [1.82, 2.24) is 14.7 Å². The molecule has 0 atom stereocenters. The zero-order valence-electron chi connectivity index (χ0n) is 11.6. The average molecular weight is 249 g/mol. The van der Waals surface area contributed by atoms with Gasteiger partial charge in [-0.05, 0) is 19.3 Å². The monoisotopic (exact) mass is 249 g/mol. The van der Waals surface area contributed by atoms with Gasteiger partial charge in [-0.15, -0.1) is 19.7 Å². The summed E-state index contributed by atoms with van der Waals surface area (Å²) in [7, 11) is 0. The second-order valence-electron chi connectivity index (χ2n) is 4.84. The van der Waals surface area contributed by atoms with Gasteiger partial charge < -0.3 is 0 Å². The highest BCUT2D eigenvalue weighted by atomic mass is 15.5. The van der Waals surface area contributed by atoms with Crippen molar-refractivity contribution in [2.75, 3.05) is 39.6 Å². The zero-order chi connectivity index (χ0) is 13.2. The third-order valence-corrected chi connectivity index (χ3v) is 3.15. The van der Waals surface area contributed by atoms with Crippen LogP contribution in [0.1, 0.15) is 19.3 Å². The molecular formula is C15H27N3. The fourth-order valence-electron chi connectivity index (χ4n) is 2.23. The molecule has 0 aliphatic carbocycles. The van der Waals surface area contributed by atoms with Gasteiger partial charge in [-0.3, -0.25) is 14.7 Å². The summed E-state index contributed by atoms with van der Waals surface area (Å²) in [5, 5.41) is 0. The molecule has 1 saturated heterocycles. The number of nitrogens with zero attached hydrogens (tertiary/aromatic N) is 3. The molecule has 0 radical (unpaired) electrons. The lowest BCUT2D eigenvalue weighted by atomic mass is 10.3. The van der Waals surface area contributed by atoms with Crippen molar-refractivity contribution >= 4 is 0 Å². The largest absolute Gasteiger partial charge is 0.277 e. The molecule has 0 aromatic heterocycles. The maximum Gasteiger partial charge on any atom is 0.0530 e. The third kappa shape index (κ3) is 5.63. The van der Waals surface area contributed by atoms with E-state index in [0.717, 1.165) is 58.9 Å². The topological polar surface area (TPSA) is 9.72 Å². The highest BCUT2D eigenvalue weighted by Gasteiger charge is 2.21. The lowest BCUT2D eigenvalue weighted by Crippen LogP contribution is -2.55. The van der Waals surface area contributed by atoms with E-state index < -0.39 is 0 Å². The van der Waals surface area contributed by atoms with Crippen molar-refractivity contribution < 1.29 is 0 Å². The van der Waals surface area contributed by atoms with Gasteiger partial charge in [0.05, 0.1) is 20.0 Å². The van der Waals surface area contributed by atoms with E-state index in [1.54, 1.807) is 0 Å². The summed E-state index contributed by atoms with van der Waals surface area (Å²) in [6.07, 6.45) is 9.17. The van der Waals surface area contributed by atoms with E-state index in [4.69, 9.17) is 0 Å². The third-order valence-electron chi connectivity index (χ3n) is 3.15. The molecule has 1 aliphatic rings. The molecule has 0 aromatic carbocycles. The normalized spacial score (nSPS) is 18.7. The molecule has 0 aromatic rings. The first kappa shape index (κ1) is 15.2. The van der Waals surface area contributed by atoms with Crippen molar-refractivity contribution in [2.45, 2.75) is 19.3 Å². The van der Waals surface area contributed by atoms with Crippen molar-refractivity contribution in [3.8, 4) is 0 Å². The summed E-state index contributed by atoms with van der Waals surface area (Å²) in [4.78, 5) is 7.45. The van der Waals surface area contributed by atoms with Crippen LogP contribution < -0.4 is 0 Å². The molecule has 3 heteroatoms. The quantitative estimate of drug-likeness (QED) is 0.581. The van der Waals surface area contributed by atoms with E-state index >= 15 is 0 Å². The van der Waals surface area contributed by atoms with Gasteiger partial charge in [0.1, 0.15) is 0 Å². The minimum absolute atomic E-state index is 1.06. The van der Waals surface area contributed by atoms with E-state index in [1.807, 2.05) is 18.2 Å². The predicted octanol–water partition coefficient (Wildman–Crippen LogP) is 2.51. The van der Waals surface area contributed by atoms with Gasteiger partial charge in [-0.1, -0.05) is 18.2 Å². The predicted molar refractivity (Wildman–Crippen MR) is 79.2 cm³/mol. The SMILES string of the molecule is C=CCCN1CN(CCC=C)CN(CCC=C)C1. The van der Waals surface area contributed by atoms with E-state index in [0.29, 0.717) is 0 Å².